The first-order valence-corrected chi connectivity index (χ1v) is 9.42. The maximum atomic E-state index is 12.7. The van der Waals surface area contributed by atoms with Crippen molar-refractivity contribution in [3.05, 3.63) is 65.2 Å². The Morgan fingerprint density at radius 3 is 2.41 bits per heavy atom. The fourth-order valence-electron chi connectivity index (χ4n) is 3.43. The van der Waals surface area contributed by atoms with Gasteiger partial charge in [-0.2, -0.15) is 0 Å². The third-order valence-electron chi connectivity index (χ3n) is 4.70. The summed E-state index contributed by atoms with van der Waals surface area (Å²) in [7, 11) is 1.67. The Bertz CT molecular complexity index is 750. The molecule has 3 rings (SSSR count). The van der Waals surface area contributed by atoms with E-state index in [-0.39, 0.29) is 18.1 Å². The zero-order valence-electron chi connectivity index (χ0n) is 16.3. The predicted octanol–water partition coefficient (Wildman–Crippen LogP) is 3.23. The van der Waals surface area contributed by atoms with E-state index in [2.05, 4.69) is 11.4 Å². The van der Waals surface area contributed by atoms with Crippen molar-refractivity contribution in [1.29, 1.82) is 0 Å². The highest BCUT2D eigenvalue weighted by Gasteiger charge is 2.26. The first-order chi connectivity index (χ1) is 13.0. The molecule has 5 heteroatoms. The third kappa shape index (κ3) is 5.31. The molecule has 1 heterocycles. The monoisotopic (exact) mass is 368 g/mol. The van der Waals surface area contributed by atoms with Gasteiger partial charge in [-0.1, -0.05) is 24.3 Å². The van der Waals surface area contributed by atoms with E-state index < -0.39 is 0 Å². The molecular weight excluding hydrogens is 340 g/mol. The van der Waals surface area contributed by atoms with Gasteiger partial charge in [-0.15, -0.1) is 0 Å². The van der Waals surface area contributed by atoms with Crippen LogP contribution in [-0.2, 0) is 17.8 Å². The molecule has 0 bridgehead atoms. The summed E-state index contributed by atoms with van der Waals surface area (Å²) in [5.74, 6) is 0.941. The number of morpholine rings is 1. The molecule has 2 aromatic carbocycles. The van der Waals surface area contributed by atoms with Crippen LogP contribution in [0.3, 0.4) is 0 Å². The lowest BCUT2D eigenvalue weighted by molar-refractivity contribution is -0.0586. The van der Waals surface area contributed by atoms with Gasteiger partial charge >= 0.3 is 0 Å². The average Bonchev–Trinajstić information content (AvgIpc) is 2.67. The Morgan fingerprint density at radius 2 is 1.74 bits per heavy atom. The normalized spacial score (nSPS) is 19.7. The molecule has 144 valence electrons. The topological polar surface area (TPSA) is 50.8 Å². The van der Waals surface area contributed by atoms with Crippen molar-refractivity contribution in [2.24, 2.45) is 0 Å². The summed E-state index contributed by atoms with van der Waals surface area (Å²) in [6, 6.07) is 15.9. The van der Waals surface area contributed by atoms with Crippen LogP contribution in [0.2, 0.25) is 0 Å². The van der Waals surface area contributed by atoms with E-state index in [1.807, 2.05) is 61.2 Å². The van der Waals surface area contributed by atoms with Gasteiger partial charge in [0.15, 0.2) is 0 Å². The molecule has 0 spiro atoms. The molecule has 2 aromatic rings. The molecule has 0 aliphatic carbocycles. The fraction of sp³-hybridized carbons (Fsp3) is 0.409. The van der Waals surface area contributed by atoms with Crippen molar-refractivity contribution in [2.45, 2.75) is 39.1 Å². The first kappa shape index (κ1) is 19.4. The highest BCUT2D eigenvalue weighted by atomic mass is 16.5. The molecule has 1 N–H and O–H groups in total. The van der Waals surface area contributed by atoms with Crippen LogP contribution >= 0.6 is 0 Å². The van der Waals surface area contributed by atoms with Crippen molar-refractivity contribution in [2.75, 3.05) is 20.2 Å². The lowest BCUT2D eigenvalue weighted by Crippen LogP contribution is -2.48. The van der Waals surface area contributed by atoms with Gasteiger partial charge in [0.2, 0.25) is 0 Å². The number of benzene rings is 2. The van der Waals surface area contributed by atoms with Gasteiger partial charge in [0.25, 0.3) is 5.91 Å². The number of methoxy groups -OCH3 is 1. The zero-order valence-corrected chi connectivity index (χ0v) is 16.3. The number of ether oxygens (including phenoxy) is 2. The largest absolute Gasteiger partial charge is 0.497 e. The van der Waals surface area contributed by atoms with Crippen molar-refractivity contribution < 1.29 is 14.3 Å². The summed E-state index contributed by atoms with van der Waals surface area (Å²) < 4.78 is 11.0. The van der Waals surface area contributed by atoms with Crippen LogP contribution in [0.1, 0.15) is 35.3 Å². The SMILES string of the molecule is COc1cccc(CNCc2ccc(C(=O)N3C[C@@H](C)O[C@H](C)C3)cc2)c1. The average molecular weight is 368 g/mol. The standard InChI is InChI=1S/C22H28N2O3/c1-16-14-24(15-17(2)27-16)22(25)20-9-7-18(8-10-20)12-23-13-19-5-4-6-21(11-19)26-3/h4-11,16-17,23H,12-15H2,1-3H3/t16-,17-/m1/s1. The summed E-state index contributed by atoms with van der Waals surface area (Å²) in [6.07, 6.45) is 0.163. The summed E-state index contributed by atoms with van der Waals surface area (Å²) in [4.78, 5) is 14.6. The Balaban J connectivity index is 1.53. The number of nitrogens with zero attached hydrogens (tertiary/aromatic N) is 1. The number of amides is 1. The lowest BCUT2D eigenvalue weighted by atomic mass is 10.1. The van der Waals surface area contributed by atoms with Crippen LogP contribution in [-0.4, -0.2) is 43.2 Å². The Morgan fingerprint density at radius 1 is 1.07 bits per heavy atom. The number of hydrogen-bond donors (Lipinski definition) is 1. The van der Waals surface area contributed by atoms with Gasteiger partial charge in [-0.05, 0) is 49.2 Å². The van der Waals surface area contributed by atoms with E-state index >= 15 is 0 Å². The number of rotatable bonds is 6. The van der Waals surface area contributed by atoms with Crippen LogP contribution in [0.25, 0.3) is 0 Å². The summed E-state index contributed by atoms with van der Waals surface area (Å²) >= 11 is 0. The lowest BCUT2D eigenvalue weighted by Gasteiger charge is -2.35. The van der Waals surface area contributed by atoms with Gasteiger partial charge in [-0.3, -0.25) is 4.79 Å². The van der Waals surface area contributed by atoms with E-state index in [1.54, 1.807) is 7.11 Å². The number of carbonyl (C=O) groups is 1. The molecule has 1 aliphatic heterocycles. The number of carbonyl (C=O) groups excluding carboxylic acids is 1. The Kier molecular flexibility index (Phi) is 6.48. The maximum absolute atomic E-state index is 12.7. The number of hydrogen-bond acceptors (Lipinski definition) is 4. The van der Waals surface area contributed by atoms with Gasteiger partial charge in [0.1, 0.15) is 5.75 Å². The van der Waals surface area contributed by atoms with E-state index in [9.17, 15) is 4.79 Å². The van der Waals surface area contributed by atoms with Crippen molar-refractivity contribution in [3.8, 4) is 5.75 Å². The molecule has 1 amide bonds. The van der Waals surface area contributed by atoms with Crippen molar-refractivity contribution >= 4 is 5.91 Å². The second-order valence-electron chi connectivity index (χ2n) is 7.12. The highest BCUT2D eigenvalue weighted by Crippen LogP contribution is 2.15. The highest BCUT2D eigenvalue weighted by molar-refractivity contribution is 5.94. The van der Waals surface area contributed by atoms with Crippen LogP contribution in [0.15, 0.2) is 48.5 Å². The molecule has 27 heavy (non-hydrogen) atoms. The van der Waals surface area contributed by atoms with Crippen LogP contribution in [0.4, 0.5) is 0 Å². The molecule has 1 saturated heterocycles. The van der Waals surface area contributed by atoms with E-state index in [0.29, 0.717) is 13.1 Å². The molecule has 1 fully saturated rings. The molecule has 5 nitrogen and oxygen atoms in total. The van der Waals surface area contributed by atoms with E-state index in [1.165, 1.54) is 5.56 Å². The van der Waals surface area contributed by atoms with Crippen LogP contribution in [0.5, 0.6) is 5.75 Å². The maximum Gasteiger partial charge on any atom is 0.254 e. The predicted molar refractivity (Wildman–Crippen MR) is 106 cm³/mol. The minimum absolute atomic E-state index is 0.0767. The minimum Gasteiger partial charge on any atom is -0.497 e. The Hall–Kier alpha value is -2.37. The molecule has 0 aromatic heterocycles. The van der Waals surface area contributed by atoms with Crippen LogP contribution < -0.4 is 10.1 Å². The second kappa shape index (κ2) is 9.02. The van der Waals surface area contributed by atoms with E-state index in [0.717, 1.165) is 30.0 Å². The van der Waals surface area contributed by atoms with E-state index in [4.69, 9.17) is 9.47 Å². The minimum atomic E-state index is 0.0767. The van der Waals surface area contributed by atoms with Gasteiger partial charge in [-0.25, -0.2) is 0 Å². The third-order valence-corrected chi connectivity index (χ3v) is 4.70. The smallest absolute Gasteiger partial charge is 0.254 e. The second-order valence-corrected chi connectivity index (χ2v) is 7.12. The molecule has 0 radical (unpaired) electrons. The summed E-state index contributed by atoms with van der Waals surface area (Å²) in [6.45, 7) is 6.82. The van der Waals surface area contributed by atoms with Gasteiger partial charge < -0.3 is 19.7 Å². The molecule has 0 saturated carbocycles. The molecule has 1 aliphatic rings. The first-order valence-electron chi connectivity index (χ1n) is 9.42. The summed E-state index contributed by atoms with van der Waals surface area (Å²) in [5.41, 5.74) is 3.06. The Labute approximate surface area is 161 Å². The molecule has 0 unspecified atom stereocenters. The van der Waals surface area contributed by atoms with Gasteiger partial charge in [0, 0.05) is 31.7 Å². The fourth-order valence-corrected chi connectivity index (χ4v) is 3.43. The molecular formula is C22H28N2O3. The van der Waals surface area contributed by atoms with Crippen LogP contribution in [0, 0.1) is 0 Å². The zero-order chi connectivity index (χ0) is 19.2. The molecule has 2 atom stereocenters. The van der Waals surface area contributed by atoms with Gasteiger partial charge in [0.05, 0.1) is 19.3 Å². The van der Waals surface area contributed by atoms with Crippen molar-refractivity contribution in [1.82, 2.24) is 10.2 Å². The van der Waals surface area contributed by atoms with Crippen molar-refractivity contribution in [3.63, 3.8) is 0 Å². The number of nitrogens with one attached hydrogen (secondary N) is 1. The summed E-state index contributed by atoms with van der Waals surface area (Å²) in [5, 5.41) is 3.43. The quantitative estimate of drug-likeness (QED) is 0.850.